The quantitative estimate of drug-likeness (QED) is 0.403. The summed E-state index contributed by atoms with van der Waals surface area (Å²) in [6, 6.07) is 16.7. The van der Waals surface area contributed by atoms with Gasteiger partial charge < -0.3 is 19.5 Å². The van der Waals surface area contributed by atoms with Crippen LogP contribution in [0.3, 0.4) is 0 Å². The van der Waals surface area contributed by atoms with Crippen LogP contribution < -0.4 is 19.5 Å². The van der Waals surface area contributed by atoms with Gasteiger partial charge in [-0.3, -0.25) is 9.78 Å². The van der Waals surface area contributed by atoms with Gasteiger partial charge in [-0.1, -0.05) is 24.3 Å². The number of carbonyl (C=O) groups excluding carboxylic acids is 1. The Morgan fingerprint density at radius 2 is 1.74 bits per heavy atom. The smallest absolute Gasteiger partial charge is 0.254 e. The van der Waals surface area contributed by atoms with Crippen molar-refractivity contribution < 1.29 is 19.0 Å². The third-order valence-corrected chi connectivity index (χ3v) is 5.20. The number of nitrogens with one attached hydrogen (secondary N) is 1. The van der Waals surface area contributed by atoms with Crippen molar-refractivity contribution in [1.82, 2.24) is 19.7 Å². The fourth-order valence-electron chi connectivity index (χ4n) is 3.48. The van der Waals surface area contributed by atoms with Gasteiger partial charge in [-0.15, -0.1) is 5.10 Å². The Morgan fingerprint density at radius 3 is 2.47 bits per heavy atom. The van der Waals surface area contributed by atoms with E-state index < -0.39 is 0 Å². The highest BCUT2D eigenvalue weighted by Crippen LogP contribution is 2.28. The number of hydrogen-bond acceptors (Lipinski definition) is 8. The zero-order chi connectivity index (χ0) is 23.9. The standard InChI is InChI=1S/C25H25N5O4/c1-32-20-9-5-4-7-18(20)16-27-25-28-24(19-8-6-12-26-15-19)29-30(25)23(31)14-17-10-11-21(33-2)22(13-17)34-3/h4-13,15H,14,16H2,1-3H3,(H,27,28,29). The number of aromatic nitrogens is 4. The Balaban J connectivity index is 1.63. The molecule has 0 spiro atoms. The topological polar surface area (TPSA) is 100 Å². The van der Waals surface area contributed by atoms with Crippen LogP contribution in [0.2, 0.25) is 0 Å². The average Bonchev–Trinajstić information content (AvgIpc) is 3.32. The molecule has 0 saturated carbocycles. The Hall–Kier alpha value is -4.40. The molecular weight excluding hydrogens is 434 g/mol. The third-order valence-electron chi connectivity index (χ3n) is 5.20. The lowest BCUT2D eigenvalue weighted by atomic mass is 10.1. The highest BCUT2D eigenvalue weighted by molar-refractivity contribution is 5.83. The van der Waals surface area contributed by atoms with Crippen molar-refractivity contribution in [2.45, 2.75) is 13.0 Å². The summed E-state index contributed by atoms with van der Waals surface area (Å²) in [6.45, 7) is 0.402. The highest BCUT2D eigenvalue weighted by Gasteiger charge is 2.19. The van der Waals surface area contributed by atoms with E-state index in [-0.39, 0.29) is 12.3 Å². The second-order valence-electron chi connectivity index (χ2n) is 7.34. The van der Waals surface area contributed by atoms with Crippen LogP contribution in [0.25, 0.3) is 11.4 Å². The van der Waals surface area contributed by atoms with Gasteiger partial charge in [0.15, 0.2) is 17.3 Å². The Labute approximate surface area is 197 Å². The zero-order valence-corrected chi connectivity index (χ0v) is 19.2. The van der Waals surface area contributed by atoms with E-state index in [0.29, 0.717) is 35.4 Å². The predicted octanol–water partition coefficient (Wildman–Crippen LogP) is 3.86. The van der Waals surface area contributed by atoms with Crippen molar-refractivity contribution >= 4 is 11.9 Å². The molecule has 2 heterocycles. The van der Waals surface area contributed by atoms with Crippen LogP contribution in [0.5, 0.6) is 17.2 Å². The first kappa shape index (κ1) is 22.8. The number of carbonyl (C=O) groups is 1. The summed E-state index contributed by atoms with van der Waals surface area (Å²) >= 11 is 0. The van der Waals surface area contributed by atoms with Gasteiger partial charge in [0.25, 0.3) is 5.91 Å². The third kappa shape index (κ3) is 4.98. The lowest BCUT2D eigenvalue weighted by Crippen LogP contribution is -2.19. The predicted molar refractivity (Wildman–Crippen MR) is 127 cm³/mol. The summed E-state index contributed by atoms with van der Waals surface area (Å²) in [5.74, 6) is 2.36. The maximum absolute atomic E-state index is 13.3. The van der Waals surface area contributed by atoms with Crippen LogP contribution in [-0.4, -0.2) is 47.0 Å². The van der Waals surface area contributed by atoms with E-state index in [1.807, 2.05) is 36.4 Å². The molecule has 34 heavy (non-hydrogen) atoms. The first-order chi connectivity index (χ1) is 16.6. The average molecular weight is 460 g/mol. The molecule has 0 atom stereocenters. The lowest BCUT2D eigenvalue weighted by Gasteiger charge is -2.11. The van der Waals surface area contributed by atoms with E-state index in [1.165, 1.54) is 4.68 Å². The van der Waals surface area contributed by atoms with Crippen molar-refractivity contribution in [2.24, 2.45) is 0 Å². The molecule has 0 radical (unpaired) electrons. The number of methoxy groups -OCH3 is 3. The molecule has 0 aliphatic carbocycles. The summed E-state index contributed by atoms with van der Waals surface area (Å²) in [5.41, 5.74) is 2.40. The van der Waals surface area contributed by atoms with E-state index >= 15 is 0 Å². The minimum atomic E-state index is -0.252. The minimum Gasteiger partial charge on any atom is -0.496 e. The second kappa shape index (κ2) is 10.5. The van der Waals surface area contributed by atoms with Gasteiger partial charge >= 0.3 is 0 Å². The summed E-state index contributed by atoms with van der Waals surface area (Å²) < 4.78 is 17.4. The maximum Gasteiger partial charge on any atom is 0.254 e. The molecule has 0 aliphatic rings. The van der Waals surface area contributed by atoms with E-state index in [2.05, 4.69) is 20.4 Å². The molecule has 4 rings (SSSR count). The molecule has 0 unspecified atom stereocenters. The van der Waals surface area contributed by atoms with Crippen LogP contribution in [-0.2, 0) is 13.0 Å². The fraction of sp³-hybridized carbons (Fsp3) is 0.200. The number of ether oxygens (including phenoxy) is 3. The molecule has 4 aromatic rings. The number of anilines is 1. The summed E-state index contributed by atoms with van der Waals surface area (Å²) in [5, 5.41) is 7.70. The Morgan fingerprint density at radius 1 is 0.941 bits per heavy atom. The number of pyridine rings is 1. The van der Waals surface area contributed by atoms with E-state index in [0.717, 1.165) is 16.9 Å². The molecule has 0 fully saturated rings. The maximum atomic E-state index is 13.3. The van der Waals surface area contributed by atoms with Gasteiger partial charge in [0.2, 0.25) is 5.95 Å². The largest absolute Gasteiger partial charge is 0.496 e. The van der Waals surface area contributed by atoms with Crippen molar-refractivity contribution in [1.29, 1.82) is 0 Å². The monoisotopic (exact) mass is 459 g/mol. The molecule has 0 amide bonds. The summed E-state index contributed by atoms with van der Waals surface area (Å²) in [7, 11) is 4.74. The normalized spacial score (nSPS) is 10.6. The van der Waals surface area contributed by atoms with Crippen LogP contribution in [0.15, 0.2) is 67.0 Å². The summed E-state index contributed by atoms with van der Waals surface area (Å²) in [6.07, 6.45) is 3.42. The number of rotatable bonds is 9. The molecule has 174 valence electrons. The van der Waals surface area contributed by atoms with Crippen LogP contribution >= 0.6 is 0 Å². The molecule has 2 aromatic heterocycles. The van der Waals surface area contributed by atoms with Gasteiger partial charge in [-0.05, 0) is 35.9 Å². The van der Waals surface area contributed by atoms with Crippen LogP contribution in [0, 0.1) is 0 Å². The molecular formula is C25H25N5O4. The van der Waals surface area contributed by atoms with Gasteiger partial charge in [-0.2, -0.15) is 9.67 Å². The number of benzene rings is 2. The molecule has 1 N–H and O–H groups in total. The van der Waals surface area contributed by atoms with E-state index in [9.17, 15) is 4.79 Å². The summed E-state index contributed by atoms with van der Waals surface area (Å²) in [4.78, 5) is 22.0. The van der Waals surface area contributed by atoms with Crippen molar-refractivity contribution in [3.05, 3.63) is 78.1 Å². The SMILES string of the molecule is COc1ccccc1CNc1nc(-c2cccnc2)nn1C(=O)Cc1ccc(OC)c(OC)c1. The van der Waals surface area contributed by atoms with Crippen LogP contribution in [0.1, 0.15) is 15.9 Å². The Kier molecular flexibility index (Phi) is 7.02. The van der Waals surface area contributed by atoms with Gasteiger partial charge in [-0.25, -0.2) is 0 Å². The first-order valence-electron chi connectivity index (χ1n) is 10.6. The van der Waals surface area contributed by atoms with Crippen molar-refractivity contribution in [3.63, 3.8) is 0 Å². The second-order valence-corrected chi connectivity index (χ2v) is 7.34. The minimum absolute atomic E-state index is 0.0968. The number of hydrogen-bond donors (Lipinski definition) is 1. The molecule has 0 bridgehead atoms. The lowest BCUT2D eigenvalue weighted by molar-refractivity contribution is 0.0901. The number of nitrogens with zero attached hydrogens (tertiary/aromatic N) is 4. The first-order valence-corrected chi connectivity index (χ1v) is 10.6. The van der Waals surface area contributed by atoms with E-state index in [4.69, 9.17) is 14.2 Å². The van der Waals surface area contributed by atoms with Crippen LogP contribution in [0.4, 0.5) is 5.95 Å². The zero-order valence-electron chi connectivity index (χ0n) is 19.2. The highest BCUT2D eigenvalue weighted by atomic mass is 16.5. The molecule has 0 aliphatic heterocycles. The van der Waals surface area contributed by atoms with Crippen molar-refractivity contribution in [2.75, 3.05) is 26.6 Å². The molecule has 9 nitrogen and oxygen atoms in total. The number of para-hydroxylation sites is 1. The van der Waals surface area contributed by atoms with Gasteiger partial charge in [0.05, 0.1) is 27.8 Å². The molecule has 2 aromatic carbocycles. The van der Waals surface area contributed by atoms with Crippen molar-refractivity contribution in [3.8, 4) is 28.6 Å². The van der Waals surface area contributed by atoms with E-state index in [1.54, 1.807) is 51.9 Å². The molecule has 0 saturated heterocycles. The van der Waals surface area contributed by atoms with Gasteiger partial charge in [0, 0.05) is 30.1 Å². The molecule has 9 heteroatoms. The van der Waals surface area contributed by atoms with Gasteiger partial charge in [0.1, 0.15) is 5.75 Å². The Bertz CT molecular complexity index is 1270. The fourth-order valence-corrected chi connectivity index (χ4v) is 3.48.